The zero-order chi connectivity index (χ0) is 15.6. The Kier molecular flexibility index (Phi) is 5.04. The number of halogens is 1. The molecule has 0 aliphatic rings. The molecule has 0 saturated carbocycles. The molecule has 0 aromatic heterocycles. The van der Waals surface area contributed by atoms with Crippen molar-refractivity contribution in [2.24, 2.45) is 0 Å². The number of carbonyl (C=O) groups excluding carboxylic acids is 1. The highest BCUT2D eigenvalue weighted by Gasteiger charge is 2.14. The largest absolute Gasteiger partial charge is 0.423 e. The van der Waals surface area contributed by atoms with E-state index in [9.17, 15) is 4.79 Å². The Morgan fingerprint density at radius 2 is 1.81 bits per heavy atom. The number of carbonyl (C=O) groups is 1. The summed E-state index contributed by atoms with van der Waals surface area (Å²) in [6.07, 6.45) is 0. The molecule has 2 nitrogen and oxygen atoms in total. The Morgan fingerprint density at radius 3 is 2.43 bits per heavy atom. The van der Waals surface area contributed by atoms with Gasteiger partial charge in [-0.1, -0.05) is 32.0 Å². The molecule has 21 heavy (non-hydrogen) atoms. The highest BCUT2D eigenvalue weighted by atomic mass is 127. The number of rotatable bonds is 3. The summed E-state index contributed by atoms with van der Waals surface area (Å²) in [7, 11) is 0. The van der Waals surface area contributed by atoms with Crippen LogP contribution in [0.15, 0.2) is 36.4 Å². The first kappa shape index (κ1) is 16.0. The standard InChI is InChI=1S/C18H19IO2/c1-11(2)15-8-5-12(3)9-17(15)21-18(20)14-7-6-13(4)16(19)10-14/h5-11H,1-4H3. The zero-order valence-corrected chi connectivity index (χ0v) is 14.9. The maximum absolute atomic E-state index is 12.3. The van der Waals surface area contributed by atoms with E-state index in [1.54, 1.807) is 0 Å². The van der Waals surface area contributed by atoms with Crippen molar-refractivity contribution in [3.63, 3.8) is 0 Å². The Hall–Kier alpha value is -1.36. The average molecular weight is 394 g/mol. The van der Waals surface area contributed by atoms with E-state index in [-0.39, 0.29) is 5.97 Å². The lowest BCUT2D eigenvalue weighted by atomic mass is 10.0. The van der Waals surface area contributed by atoms with Crippen LogP contribution < -0.4 is 4.74 Å². The second kappa shape index (κ2) is 6.60. The van der Waals surface area contributed by atoms with Crippen molar-refractivity contribution in [3.8, 4) is 5.75 Å². The van der Waals surface area contributed by atoms with Gasteiger partial charge in [-0.3, -0.25) is 0 Å². The molecule has 0 N–H and O–H groups in total. The third-order valence-corrected chi connectivity index (χ3v) is 4.56. The molecule has 2 rings (SSSR count). The third-order valence-electron chi connectivity index (χ3n) is 3.40. The molecule has 3 heteroatoms. The molecule has 0 fully saturated rings. The maximum Gasteiger partial charge on any atom is 0.343 e. The molecule has 0 heterocycles. The Bertz CT molecular complexity index is 675. The van der Waals surface area contributed by atoms with Gasteiger partial charge in [-0.2, -0.15) is 0 Å². The molecule has 110 valence electrons. The van der Waals surface area contributed by atoms with Crippen LogP contribution in [0.25, 0.3) is 0 Å². The molecule has 2 aromatic carbocycles. The molecule has 0 spiro atoms. The van der Waals surface area contributed by atoms with Gasteiger partial charge in [-0.25, -0.2) is 4.79 Å². The summed E-state index contributed by atoms with van der Waals surface area (Å²) in [6.45, 7) is 8.21. The molecule has 0 aliphatic carbocycles. The quantitative estimate of drug-likeness (QED) is 0.404. The lowest BCUT2D eigenvalue weighted by Crippen LogP contribution is -2.11. The van der Waals surface area contributed by atoms with Gasteiger partial charge in [0.1, 0.15) is 5.75 Å². The van der Waals surface area contributed by atoms with E-state index >= 15 is 0 Å². The van der Waals surface area contributed by atoms with Crippen molar-refractivity contribution in [3.05, 3.63) is 62.2 Å². The Balaban J connectivity index is 2.30. The van der Waals surface area contributed by atoms with Gasteiger partial charge < -0.3 is 4.74 Å². The van der Waals surface area contributed by atoms with Crippen LogP contribution in [0, 0.1) is 17.4 Å². The first-order valence-corrected chi connectivity index (χ1v) is 8.05. The fraction of sp³-hybridized carbons (Fsp3) is 0.278. The topological polar surface area (TPSA) is 26.3 Å². The van der Waals surface area contributed by atoms with Gasteiger partial charge in [0.05, 0.1) is 5.56 Å². The van der Waals surface area contributed by atoms with Crippen molar-refractivity contribution in [2.75, 3.05) is 0 Å². The zero-order valence-electron chi connectivity index (χ0n) is 12.7. The van der Waals surface area contributed by atoms with Gasteiger partial charge >= 0.3 is 5.97 Å². The van der Waals surface area contributed by atoms with Crippen molar-refractivity contribution in [1.82, 2.24) is 0 Å². The number of aryl methyl sites for hydroxylation is 2. The summed E-state index contributed by atoms with van der Waals surface area (Å²) < 4.78 is 6.69. The molecule has 0 bridgehead atoms. The molecule has 0 aliphatic heterocycles. The van der Waals surface area contributed by atoms with E-state index in [1.807, 2.05) is 50.2 Å². The molecule has 0 saturated heterocycles. The number of esters is 1. The van der Waals surface area contributed by atoms with Crippen molar-refractivity contribution in [2.45, 2.75) is 33.6 Å². The number of hydrogen-bond acceptors (Lipinski definition) is 2. The van der Waals surface area contributed by atoms with Gasteiger partial charge in [0.15, 0.2) is 0 Å². The molecule has 0 atom stereocenters. The minimum atomic E-state index is -0.305. The summed E-state index contributed by atoms with van der Waals surface area (Å²) in [5.74, 6) is 0.664. The summed E-state index contributed by atoms with van der Waals surface area (Å²) >= 11 is 2.23. The summed E-state index contributed by atoms with van der Waals surface area (Å²) in [4.78, 5) is 12.3. The van der Waals surface area contributed by atoms with Crippen LogP contribution in [0.2, 0.25) is 0 Å². The number of hydrogen-bond donors (Lipinski definition) is 0. The number of ether oxygens (including phenoxy) is 1. The van der Waals surface area contributed by atoms with Crippen molar-refractivity contribution >= 4 is 28.6 Å². The predicted molar refractivity (Wildman–Crippen MR) is 94.1 cm³/mol. The minimum Gasteiger partial charge on any atom is -0.423 e. The Labute approximate surface area is 139 Å². The summed E-state index contributed by atoms with van der Waals surface area (Å²) in [5, 5.41) is 0. The van der Waals surface area contributed by atoms with Crippen molar-refractivity contribution < 1.29 is 9.53 Å². The summed E-state index contributed by atoms with van der Waals surface area (Å²) in [5.41, 5.74) is 3.88. The molecular weight excluding hydrogens is 375 g/mol. The van der Waals surface area contributed by atoms with E-state index in [0.717, 1.165) is 20.3 Å². The van der Waals surface area contributed by atoms with Gasteiger partial charge in [0.25, 0.3) is 0 Å². The van der Waals surface area contributed by atoms with Crippen LogP contribution in [-0.2, 0) is 0 Å². The molecular formula is C18H19IO2. The lowest BCUT2D eigenvalue weighted by molar-refractivity contribution is 0.0732. The summed E-state index contributed by atoms with van der Waals surface area (Å²) in [6, 6.07) is 11.6. The minimum absolute atomic E-state index is 0.305. The maximum atomic E-state index is 12.3. The highest BCUT2D eigenvalue weighted by molar-refractivity contribution is 14.1. The molecule has 2 aromatic rings. The fourth-order valence-electron chi connectivity index (χ4n) is 2.09. The van der Waals surface area contributed by atoms with Crippen LogP contribution in [0.5, 0.6) is 5.75 Å². The van der Waals surface area contributed by atoms with Gasteiger partial charge in [0.2, 0.25) is 0 Å². The molecule has 0 unspecified atom stereocenters. The van der Waals surface area contributed by atoms with Crippen LogP contribution in [0.3, 0.4) is 0 Å². The van der Waals surface area contributed by atoms with Crippen LogP contribution in [0.4, 0.5) is 0 Å². The normalized spacial score (nSPS) is 10.8. The monoisotopic (exact) mass is 394 g/mol. The van der Waals surface area contributed by atoms with E-state index in [1.165, 1.54) is 0 Å². The lowest BCUT2D eigenvalue weighted by Gasteiger charge is -2.14. The van der Waals surface area contributed by atoms with E-state index in [4.69, 9.17) is 4.74 Å². The van der Waals surface area contributed by atoms with Gasteiger partial charge in [0, 0.05) is 3.57 Å². The number of benzene rings is 2. The van der Waals surface area contributed by atoms with Crippen LogP contribution in [-0.4, -0.2) is 5.97 Å². The van der Waals surface area contributed by atoms with Crippen LogP contribution >= 0.6 is 22.6 Å². The van der Waals surface area contributed by atoms with E-state index in [0.29, 0.717) is 17.2 Å². The van der Waals surface area contributed by atoms with Crippen LogP contribution in [0.1, 0.15) is 46.8 Å². The first-order chi connectivity index (χ1) is 9.88. The molecule has 0 radical (unpaired) electrons. The smallest absolute Gasteiger partial charge is 0.343 e. The van der Waals surface area contributed by atoms with Gasteiger partial charge in [-0.05, 0) is 77.2 Å². The third kappa shape index (κ3) is 3.84. The average Bonchev–Trinajstić information content (AvgIpc) is 2.41. The predicted octanol–water partition coefficient (Wildman–Crippen LogP) is 5.25. The second-order valence-corrected chi connectivity index (χ2v) is 6.71. The van der Waals surface area contributed by atoms with E-state index in [2.05, 4.69) is 36.4 Å². The van der Waals surface area contributed by atoms with E-state index < -0.39 is 0 Å². The SMILES string of the molecule is Cc1ccc(C(C)C)c(OC(=O)c2ccc(C)c(I)c2)c1. The second-order valence-electron chi connectivity index (χ2n) is 5.55. The first-order valence-electron chi connectivity index (χ1n) is 6.97. The molecule has 0 amide bonds. The van der Waals surface area contributed by atoms with Crippen molar-refractivity contribution in [1.29, 1.82) is 0 Å². The fourth-order valence-corrected chi connectivity index (χ4v) is 2.60. The van der Waals surface area contributed by atoms with Gasteiger partial charge in [-0.15, -0.1) is 0 Å². The Morgan fingerprint density at radius 1 is 1.10 bits per heavy atom. The highest BCUT2D eigenvalue weighted by Crippen LogP contribution is 2.28.